The molecule has 1 aromatic rings. The minimum Gasteiger partial charge on any atom is -0.493 e. The third-order valence-corrected chi connectivity index (χ3v) is 1.97. The van der Waals surface area contributed by atoms with Gasteiger partial charge in [-0.25, -0.2) is 0 Å². The van der Waals surface area contributed by atoms with Crippen molar-refractivity contribution in [2.24, 2.45) is 0 Å². The normalized spacial score (nSPS) is 10.7. The lowest BCUT2D eigenvalue weighted by atomic mass is 10.2. The quantitative estimate of drug-likeness (QED) is 0.772. The number of nitriles is 1. The van der Waals surface area contributed by atoms with Crippen LogP contribution in [0, 0.1) is 11.3 Å². The van der Waals surface area contributed by atoms with Crippen molar-refractivity contribution in [2.75, 3.05) is 7.11 Å². The van der Waals surface area contributed by atoms with Crippen molar-refractivity contribution in [2.45, 2.75) is 5.51 Å². The highest BCUT2D eigenvalue weighted by Crippen LogP contribution is 2.36. The van der Waals surface area contributed by atoms with Crippen LogP contribution in [-0.2, 0) is 0 Å². The molecule has 0 saturated heterocycles. The molecule has 0 aliphatic rings. The summed E-state index contributed by atoms with van der Waals surface area (Å²) in [5.74, 6) is -0.000347. The van der Waals surface area contributed by atoms with E-state index in [1.807, 2.05) is 6.07 Å². The van der Waals surface area contributed by atoms with Crippen LogP contribution >= 0.6 is 12.0 Å². The zero-order valence-electron chi connectivity index (χ0n) is 8.04. The summed E-state index contributed by atoms with van der Waals surface area (Å²) in [5, 5.41) is 8.58. The van der Waals surface area contributed by atoms with E-state index in [4.69, 9.17) is 10.00 Å². The Morgan fingerprint density at radius 1 is 1.31 bits per heavy atom. The van der Waals surface area contributed by atoms with Crippen molar-refractivity contribution < 1.29 is 22.1 Å². The standard InChI is InChI=1S/C9H6F3NO2S/c1-14-8-4-6(5-13)2-3-7(8)15-16-9(10,11)12/h2-4H,1H3. The van der Waals surface area contributed by atoms with Crippen molar-refractivity contribution >= 4 is 12.0 Å². The molecule has 0 fully saturated rings. The molecule has 7 heteroatoms. The average molecular weight is 249 g/mol. The van der Waals surface area contributed by atoms with Gasteiger partial charge >= 0.3 is 5.51 Å². The maximum absolute atomic E-state index is 11.9. The number of halogens is 3. The van der Waals surface area contributed by atoms with Gasteiger partial charge in [-0.2, -0.15) is 18.4 Å². The predicted molar refractivity (Wildman–Crippen MR) is 52.0 cm³/mol. The Morgan fingerprint density at radius 3 is 2.50 bits per heavy atom. The van der Waals surface area contributed by atoms with Gasteiger partial charge in [-0.3, -0.25) is 0 Å². The van der Waals surface area contributed by atoms with Crippen LogP contribution in [0.25, 0.3) is 0 Å². The van der Waals surface area contributed by atoms with Crippen LogP contribution < -0.4 is 8.92 Å². The van der Waals surface area contributed by atoms with Crippen molar-refractivity contribution in [3.63, 3.8) is 0 Å². The lowest BCUT2D eigenvalue weighted by Crippen LogP contribution is -2.03. The zero-order chi connectivity index (χ0) is 12.2. The van der Waals surface area contributed by atoms with E-state index in [0.29, 0.717) is 0 Å². The minimum atomic E-state index is -4.49. The summed E-state index contributed by atoms with van der Waals surface area (Å²) in [6, 6.07) is 5.72. The Labute approximate surface area is 94.0 Å². The maximum atomic E-state index is 11.9. The van der Waals surface area contributed by atoms with E-state index >= 15 is 0 Å². The molecule has 3 nitrogen and oxygen atoms in total. The fourth-order valence-corrected chi connectivity index (χ4v) is 1.22. The van der Waals surface area contributed by atoms with Gasteiger partial charge in [-0.05, 0) is 12.1 Å². The number of methoxy groups -OCH3 is 1. The number of rotatable bonds is 3. The molecular weight excluding hydrogens is 243 g/mol. The van der Waals surface area contributed by atoms with Crippen LogP contribution in [0.4, 0.5) is 13.2 Å². The van der Waals surface area contributed by atoms with Gasteiger partial charge in [0.25, 0.3) is 0 Å². The number of benzene rings is 1. The van der Waals surface area contributed by atoms with E-state index < -0.39 is 17.6 Å². The second-order valence-corrected chi connectivity index (χ2v) is 3.39. The fraction of sp³-hybridized carbons (Fsp3) is 0.222. The Bertz CT molecular complexity index is 414. The van der Waals surface area contributed by atoms with Gasteiger partial charge in [-0.1, -0.05) is 0 Å². The van der Waals surface area contributed by atoms with Crippen molar-refractivity contribution in [3.8, 4) is 17.6 Å². The molecule has 0 bridgehead atoms. The first-order valence-electron chi connectivity index (χ1n) is 3.97. The van der Waals surface area contributed by atoms with Gasteiger partial charge in [0.05, 0.1) is 18.7 Å². The van der Waals surface area contributed by atoms with Gasteiger partial charge in [0, 0.05) is 6.07 Å². The molecule has 0 atom stereocenters. The smallest absolute Gasteiger partial charge is 0.479 e. The van der Waals surface area contributed by atoms with Crippen molar-refractivity contribution in [1.82, 2.24) is 0 Å². The first kappa shape index (κ1) is 12.5. The number of nitrogens with zero attached hydrogens (tertiary/aromatic N) is 1. The van der Waals surface area contributed by atoms with Crippen LogP contribution in [0.15, 0.2) is 18.2 Å². The van der Waals surface area contributed by atoms with Gasteiger partial charge in [0.15, 0.2) is 23.5 Å². The summed E-state index contributed by atoms with van der Waals surface area (Å²) in [7, 11) is 1.28. The van der Waals surface area contributed by atoms with Gasteiger partial charge in [0.1, 0.15) is 0 Å². The van der Waals surface area contributed by atoms with Crippen LogP contribution in [-0.4, -0.2) is 12.6 Å². The van der Waals surface area contributed by atoms with E-state index in [1.165, 1.54) is 25.3 Å². The van der Waals surface area contributed by atoms with E-state index in [9.17, 15) is 13.2 Å². The Morgan fingerprint density at radius 2 is 2.00 bits per heavy atom. The van der Waals surface area contributed by atoms with Crippen LogP contribution in [0.5, 0.6) is 11.5 Å². The number of ether oxygens (including phenoxy) is 1. The first-order valence-corrected chi connectivity index (χ1v) is 4.71. The lowest BCUT2D eigenvalue weighted by molar-refractivity contribution is -0.0370. The summed E-state index contributed by atoms with van der Waals surface area (Å²) < 4.78 is 44.8. The van der Waals surface area contributed by atoms with Gasteiger partial charge in [-0.15, -0.1) is 0 Å². The molecular formula is C9H6F3NO2S. The summed E-state index contributed by atoms with van der Waals surface area (Å²) >= 11 is -0.633. The minimum absolute atomic E-state index is 0.0794. The Kier molecular flexibility index (Phi) is 3.90. The summed E-state index contributed by atoms with van der Waals surface area (Å²) in [4.78, 5) is 0. The maximum Gasteiger partial charge on any atom is 0.479 e. The molecule has 0 radical (unpaired) electrons. The highest BCUT2D eigenvalue weighted by molar-refractivity contribution is 7.95. The average Bonchev–Trinajstić information content (AvgIpc) is 2.25. The topological polar surface area (TPSA) is 42.2 Å². The molecule has 0 aliphatic carbocycles. The number of hydrogen-bond donors (Lipinski definition) is 0. The highest BCUT2D eigenvalue weighted by Gasteiger charge is 2.32. The predicted octanol–water partition coefficient (Wildman–Crippen LogP) is 3.11. The monoisotopic (exact) mass is 249 g/mol. The third-order valence-electron chi connectivity index (χ3n) is 1.52. The fourth-order valence-electron chi connectivity index (χ4n) is 0.898. The molecule has 16 heavy (non-hydrogen) atoms. The molecule has 1 aromatic carbocycles. The van der Waals surface area contributed by atoms with E-state index in [2.05, 4.69) is 4.18 Å². The molecule has 0 N–H and O–H groups in total. The molecule has 0 aliphatic heterocycles. The Hall–Kier alpha value is -1.55. The number of hydrogen-bond acceptors (Lipinski definition) is 4. The summed E-state index contributed by atoms with van der Waals surface area (Å²) in [6.07, 6.45) is 0. The number of alkyl halides is 3. The highest BCUT2D eigenvalue weighted by atomic mass is 32.2. The van der Waals surface area contributed by atoms with E-state index in [0.717, 1.165) is 0 Å². The summed E-state index contributed by atoms with van der Waals surface area (Å²) in [6.45, 7) is 0. The molecule has 0 unspecified atom stereocenters. The zero-order valence-corrected chi connectivity index (χ0v) is 8.85. The van der Waals surface area contributed by atoms with Gasteiger partial charge < -0.3 is 8.92 Å². The van der Waals surface area contributed by atoms with Gasteiger partial charge in [0.2, 0.25) is 0 Å². The molecule has 1 rings (SSSR count). The van der Waals surface area contributed by atoms with Crippen molar-refractivity contribution in [1.29, 1.82) is 5.26 Å². The second kappa shape index (κ2) is 4.99. The second-order valence-electron chi connectivity index (χ2n) is 2.59. The van der Waals surface area contributed by atoms with Crippen LogP contribution in [0.1, 0.15) is 5.56 Å². The largest absolute Gasteiger partial charge is 0.493 e. The van der Waals surface area contributed by atoms with Crippen LogP contribution in [0.2, 0.25) is 0 Å². The lowest BCUT2D eigenvalue weighted by Gasteiger charge is -2.10. The molecule has 0 spiro atoms. The van der Waals surface area contributed by atoms with Crippen molar-refractivity contribution in [3.05, 3.63) is 23.8 Å². The van der Waals surface area contributed by atoms with E-state index in [-0.39, 0.29) is 17.1 Å². The SMILES string of the molecule is COc1cc(C#N)ccc1OSC(F)(F)F. The first-order chi connectivity index (χ1) is 7.46. The molecule has 0 saturated carbocycles. The van der Waals surface area contributed by atoms with Crippen LogP contribution in [0.3, 0.4) is 0 Å². The van der Waals surface area contributed by atoms with E-state index in [1.54, 1.807) is 0 Å². The summed E-state index contributed by atoms with van der Waals surface area (Å²) in [5.41, 5.74) is -4.21. The third kappa shape index (κ3) is 3.55. The molecule has 0 aromatic heterocycles. The molecule has 0 amide bonds. The molecule has 0 heterocycles. The Balaban J connectivity index is 2.85. The molecule has 86 valence electrons.